The molecule has 242 valence electrons. The number of para-hydroxylation sites is 2. The summed E-state index contributed by atoms with van der Waals surface area (Å²) in [6.45, 7) is 0. The van der Waals surface area contributed by atoms with E-state index in [2.05, 4.69) is 114 Å². The van der Waals surface area contributed by atoms with E-state index in [-0.39, 0.29) is 0 Å². The molecule has 0 radical (unpaired) electrons. The molecule has 0 unspecified atom stereocenters. The molecule has 0 aliphatic rings. The van der Waals surface area contributed by atoms with Crippen LogP contribution in [0.5, 0.6) is 0 Å². The molecule has 0 saturated heterocycles. The molecular formula is C46H30N2O2S. The smallest absolute Gasteiger partial charge is 0.346 e. The van der Waals surface area contributed by atoms with E-state index < -0.39 is 5.63 Å². The second-order valence-electron chi connectivity index (χ2n) is 12.4. The highest BCUT2D eigenvalue weighted by Crippen LogP contribution is 2.38. The molecule has 9 rings (SSSR count). The minimum Gasteiger partial charge on any atom is -0.422 e. The van der Waals surface area contributed by atoms with Crippen LogP contribution in [0.1, 0.15) is 0 Å². The van der Waals surface area contributed by atoms with Gasteiger partial charge in [-0.25, -0.2) is 9.78 Å². The number of fused-ring (bicyclic) bond motifs is 2. The summed E-state index contributed by atoms with van der Waals surface area (Å²) >= 11 is 1.51. The molecule has 5 heteroatoms. The van der Waals surface area contributed by atoms with Crippen LogP contribution in [0.15, 0.2) is 191 Å². The van der Waals surface area contributed by atoms with Crippen LogP contribution < -0.4 is 10.5 Å². The van der Waals surface area contributed by atoms with Gasteiger partial charge in [-0.1, -0.05) is 103 Å². The lowest BCUT2D eigenvalue weighted by molar-refractivity contribution is 0.563. The van der Waals surface area contributed by atoms with Gasteiger partial charge >= 0.3 is 5.63 Å². The Kier molecular flexibility index (Phi) is 7.80. The first-order chi connectivity index (χ1) is 25.2. The first-order valence-corrected chi connectivity index (χ1v) is 17.6. The molecule has 0 spiro atoms. The number of hydrogen-bond acceptors (Lipinski definition) is 5. The maximum absolute atomic E-state index is 13.6. The highest BCUT2D eigenvalue weighted by atomic mass is 32.1. The molecule has 4 nitrogen and oxygen atoms in total. The third-order valence-electron chi connectivity index (χ3n) is 9.11. The van der Waals surface area contributed by atoms with Crippen molar-refractivity contribution < 1.29 is 4.42 Å². The molecule has 0 bridgehead atoms. The second kappa shape index (κ2) is 13.0. The molecule has 2 aromatic heterocycles. The Morgan fingerprint density at radius 3 is 1.61 bits per heavy atom. The van der Waals surface area contributed by atoms with Gasteiger partial charge in [0.15, 0.2) is 0 Å². The number of thiazole rings is 1. The van der Waals surface area contributed by atoms with Crippen molar-refractivity contribution in [2.24, 2.45) is 0 Å². The van der Waals surface area contributed by atoms with Gasteiger partial charge in [0.25, 0.3) is 0 Å². The monoisotopic (exact) mass is 674 g/mol. The lowest BCUT2D eigenvalue weighted by atomic mass is 9.93. The van der Waals surface area contributed by atoms with Gasteiger partial charge in [-0.05, 0) is 106 Å². The third kappa shape index (κ3) is 6.01. The van der Waals surface area contributed by atoms with Crippen molar-refractivity contribution in [3.8, 4) is 44.0 Å². The van der Waals surface area contributed by atoms with Crippen LogP contribution in [0.25, 0.3) is 65.1 Å². The van der Waals surface area contributed by atoms with Gasteiger partial charge in [0.1, 0.15) is 10.6 Å². The molecule has 0 saturated carbocycles. The molecule has 0 aliphatic carbocycles. The summed E-state index contributed by atoms with van der Waals surface area (Å²) in [5.74, 6) is 0. The average molecular weight is 675 g/mol. The predicted octanol–water partition coefficient (Wildman–Crippen LogP) is 12.5. The minimum atomic E-state index is -0.409. The molecule has 7 aromatic carbocycles. The van der Waals surface area contributed by atoms with E-state index in [9.17, 15) is 4.79 Å². The molecular weight excluding hydrogens is 645 g/mol. The number of benzene rings is 7. The van der Waals surface area contributed by atoms with Crippen LogP contribution in [0.4, 0.5) is 17.1 Å². The molecule has 9 aromatic rings. The Hall–Kier alpha value is -6.56. The van der Waals surface area contributed by atoms with Crippen molar-refractivity contribution in [2.45, 2.75) is 0 Å². The zero-order valence-electron chi connectivity index (χ0n) is 27.4. The molecule has 0 aliphatic heterocycles. The van der Waals surface area contributed by atoms with E-state index in [0.29, 0.717) is 16.2 Å². The Balaban J connectivity index is 1.09. The summed E-state index contributed by atoms with van der Waals surface area (Å²) in [5, 5.41) is 1.47. The summed E-state index contributed by atoms with van der Waals surface area (Å²) in [6.07, 6.45) is 0. The van der Waals surface area contributed by atoms with Gasteiger partial charge in [-0.2, -0.15) is 0 Å². The van der Waals surface area contributed by atoms with E-state index >= 15 is 0 Å². The Morgan fingerprint density at radius 1 is 0.471 bits per heavy atom. The number of hydrogen-bond donors (Lipinski definition) is 0. The number of nitrogens with zero attached hydrogens (tertiary/aromatic N) is 2. The van der Waals surface area contributed by atoms with Crippen LogP contribution in [0.3, 0.4) is 0 Å². The van der Waals surface area contributed by atoms with Crippen LogP contribution >= 0.6 is 11.3 Å². The maximum atomic E-state index is 13.6. The summed E-state index contributed by atoms with van der Waals surface area (Å²) < 4.78 is 7.00. The maximum Gasteiger partial charge on any atom is 0.346 e. The first kappa shape index (κ1) is 30.5. The molecule has 0 fully saturated rings. The quantitative estimate of drug-likeness (QED) is 0.158. The molecule has 51 heavy (non-hydrogen) atoms. The molecule has 0 atom stereocenters. The fraction of sp³-hybridized carbons (Fsp3) is 0. The van der Waals surface area contributed by atoms with Gasteiger partial charge in [0.05, 0.1) is 15.8 Å². The fourth-order valence-corrected chi connectivity index (χ4v) is 7.61. The van der Waals surface area contributed by atoms with Crippen molar-refractivity contribution in [3.05, 3.63) is 192 Å². The van der Waals surface area contributed by atoms with Crippen LogP contribution in [-0.2, 0) is 0 Å². The van der Waals surface area contributed by atoms with Gasteiger partial charge in [-0.15, -0.1) is 11.3 Å². The highest BCUT2D eigenvalue weighted by Gasteiger charge is 2.17. The van der Waals surface area contributed by atoms with E-state index in [1.165, 1.54) is 22.5 Å². The van der Waals surface area contributed by atoms with Crippen molar-refractivity contribution in [1.29, 1.82) is 0 Å². The average Bonchev–Trinajstić information content (AvgIpc) is 3.62. The van der Waals surface area contributed by atoms with Crippen molar-refractivity contribution in [3.63, 3.8) is 0 Å². The minimum absolute atomic E-state index is 0.409. The second-order valence-corrected chi connectivity index (χ2v) is 13.4. The summed E-state index contributed by atoms with van der Waals surface area (Å²) in [7, 11) is 0. The van der Waals surface area contributed by atoms with E-state index in [0.717, 1.165) is 54.9 Å². The van der Waals surface area contributed by atoms with E-state index in [4.69, 9.17) is 9.40 Å². The standard InChI is InChI=1S/C46H30N2O2S/c49-46-41(28-34-21-23-40(30-43(34)50-46)48(38-17-9-3-10-18-38)39-19-11-4-12-20-39)45-47-42-24-22-33(29-44(42)51-45)37-26-35(31-13-5-1-6-14-31)25-36(27-37)32-15-7-2-8-16-32/h1-30H. The van der Waals surface area contributed by atoms with Gasteiger partial charge in [-0.3, -0.25) is 0 Å². The van der Waals surface area contributed by atoms with E-state index in [1.54, 1.807) is 0 Å². The fourth-order valence-electron chi connectivity index (χ4n) is 6.60. The summed E-state index contributed by atoms with van der Waals surface area (Å²) in [5.41, 5.74) is 11.2. The van der Waals surface area contributed by atoms with Crippen LogP contribution in [0.2, 0.25) is 0 Å². The Bertz CT molecular complexity index is 2610. The van der Waals surface area contributed by atoms with Crippen molar-refractivity contribution in [1.82, 2.24) is 4.98 Å². The van der Waals surface area contributed by atoms with Gasteiger partial charge < -0.3 is 9.32 Å². The summed E-state index contributed by atoms with van der Waals surface area (Å²) in [4.78, 5) is 20.6. The molecule has 2 heterocycles. The van der Waals surface area contributed by atoms with Crippen LogP contribution in [0, 0.1) is 0 Å². The largest absolute Gasteiger partial charge is 0.422 e. The Labute approximate surface area is 299 Å². The number of anilines is 3. The zero-order valence-corrected chi connectivity index (χ0v) is 28.3. The van der Waals surface area contributed by atoms with Crippen molar-refractivity contribution in [2.75, 3.05) is 4.90 Å². The lowest BCUT2D eigenvalue weighted by Crippen LogP contribution is -2.10. The number of rotatable bonds is 7. The lowest BCUT2D eigenvalue weighted by Gasteiger charge is -2.25. The predicted molar refractivity (Wildman–Crippen MR) is 212 cm³/mol. The third-order valence-corrected chi connectivity index (χ3v) is 10.2. The zero-order chi connectivity index (χ0) is 34.1. The first-order valence-electron chi connectivity index (χ1n) is 16.8. The van der Waals surface area contributed by atoms with Crippen LogP contribution in [-0.4, -0.2) is 4.98 Å². The normalized spacial score (nSPS) is 11.2. The molecule has 0 amide bonds. The highest BCUT2D eigenvalue weighted by molar-refractivity contribution is 7.21. The topological polar surface area (TPSA) is 46.3 Å². The number of aromatic nitrogens is 1. The molecule has 0 N–H and O–H groups in total. The SMILES string of the molecule is O=c1oc2cc(N(c3ccccc3)c3ccccc3)ccc2cc1-c1nc2ccc(-c3cc(-c4ccccc4)cc(-c4ccccc4)c3)cc2s1. The van der Waals surface area contributed by atoms with Gasteiger partial charge in [0, 0.05) is 28.5 Å². The van der Waals surface area contributed by atoms with E-state index in [1.807, 2.05) is 72.8 Å². The Morgan fingerprint density at radius 2 is 1.02 bits per heavy atom. The summed E-state index contributed by atoms with van der Waals surface area (Å²) in [6, 6.07) is 62.2. The van der Waals surface area contributed by atoms with Crippen molar-refractivity contribution >= 4 is 49.6 Å². The van der Waals surface area contributed by atoms with Gasteiger partial charge in [0.2, 0.25) is 0 Å².